The van der Waals surface area contributed by atoms with Gasteiger partial charge in [0.25, 0.3) is 5.91 Å². The molecule has 0 spiro atoms. The number of H-pyrrole nitrogens is 1. The zero-order valence-corrected chi connectivity index (χ0v) is 24.6. The van der Waals surface area contributed by atoms with Crippen molar-refractivity contribution in [3.05, 3.63) is 91.9 Å². The second-order valence-electron chi connectivity index (χ2n) is 10.4. The average Bonchev–Trinajstić information content (AvgIpc) is 2.94. The maximum Gasteiger partial charge on any atom is 0.346 e. The van der Waals surface area contributed by atoms with E-state index in [0.29, 0.717) is 25.9 Å². The quantitative estimate of drug-likeness (QED) is 0.243. The second-order valence-corrected chi connectivity index (χ2v) is 11.2. The van der Waals surface area contributed by atoms with Gasteiger partial charge in [-0.15, -0.1) is 0 Å². The predicted molar refractivity (Wildman–Crippen MR) is 160 cm³/mol. The van der Waals surface area contributed by atoms with E-state index in [2.05, 4.69) is 51.9 Å². The zero-order valence-electron chi connectivity index (χ0n) is 23.1. The van der Waals surface area contributed by atoms with Gasteiger partial charge in [-0.05, 0) is 30.5 Å². The molecule has 2 aromatic carbocycles. The summed E-state index contributed by atoms with van der Waals surface area (Å²) < 4.78 is 0. The molecule has 1 aromatic heterocycles. The minimum absolute atomic E-state index is 0.0174. The number of carbonyl (C=O) groups is 3. The first-order valence-electron chi connectivity index (χ1n) is 13.4. The number of likely N-dealkylation sites (tertiary alicyclic amines) is 1. The minimum Gasteiger partial charge on any atom is -0.480 e. The summed E-state index contributed by atoms with van der Waals surface area (Å²) in [5.41, 5.74) is 0.233. The molecule has 1 fully saturated rings. The van der Waals surface area contributed by atoms with Crippen LogP contribution in [-0.4, -0.2) is 63.1 Å². The van der Waals surface area contributed by atoms with Crippen molar-refractivity contribution in [2.45, 2.75) is 50.7 Å². The molecule has 5 N–H and O–H groups in total. The molecule has 1 aliphatic heterocycles. The summed E-state index contributed by atoms with van der Waals surface area (Å²) in [6.45, 7) is 4.97. The number of hydrogen-bond donors (Lipinski definition) is 5. The third kappa shape index (κ3) is 7.28. The van der Waals surface area contributed by atoms with Crippen molar-refractivity contribution < 1.29 is 19.5 Å². The molecule has 42 heavy (non-hydrogen) atoms. The van der Waals surface area contributed by atoms with E-state index in [0.717, 1.165) is 11.8 Å². The lowest BCUT2D eigenvalue weighted by molar-refractivity contribution is -0.139. The number of amides is 3. The van der Waals surface area contributed by atoms with E-state index < -0.39 is 29.6 Å². The number of carbonyl (C=O) groups excluding carboxylic acids is 2. The van der Waals surface area contributed by atoms with Crippen LogP contribution in [0.1, 0.15) is 48.2 Å². The molecule has 0 bridgehead atoms. The van der Waals surface area contributed by atoms with Crippen LogP contribution >= 0.6 is 23.2 Å². The molecule has 1 saturated heterocycles. The highest BCUT2D eigenvalue weighted by Gasteiger charge is 2.38. The topological polar surface area (TPSA) is 157 Å². The number of rotatable bonds is 9. The van der Waals surface area contributed by atoms with Crippen LogP contribution in [0.15, 0.2) is 59.5 Å². The van der Waals surface area contributed by atoms with Crippen molar-refractivity contribution in [1.82, 2.24) is 25.5 Å². The molecule has 1 atom stereocenters. The Balaban J connectivity index is 1.47. The molecule has 4 rings (SSSR count). The third-order valence-electron chi connectivity index (χ3n) is 7.13. The first-order chi connectivity index (χ1) is 20.0. The number of carboxylic acids is 1. The van der Waals surface area contributed by atoms with Crippen LogP contribution in [0.5, 0.6) is 0 Å². The summed E-state index contributed by atoms with van der Waals surface area (Å²) in [5, 5.41) is 18.9. The lowest BCUT2D eigenvalue weighted by atomic mass is 9.80. The van der Waals surface area contributed by atoms with Crippen LogP contribution in [0.25, 0.3) is 0 Å². The van der Waals surface area contributed by atoms with Gasteiger partial charge in [0.2, 0.25) is 0 Å². The minimum atomic E-state index is -1.38. The van der Waals surface area contributed by atoms with Gasteiger partial charge in [-0.25, -0.2) is 19.4 Å². The van der Waals surface area contributed by atoms with E-state index in [9.17, 15) is 24.3 Å². The van der Waals surface area contributed by atoms with Crippen LogP contribution < -0.4 is 21.6 Å². The van der Waals surface area contributed by atoms with Gasteiger partial charge in [0, 0.05) is 42.9 Å². The largest absolute Gasteiger partial charge is 0.480 e. The van der Waals surface area contributed by atoms with Crippen molar-refractivity contribution >= 4 is 46.9 Å². The fraction of sp³-hybridized carbons (Fsp3) is 0.345. The van der Waals surface area contributed by atoms with Crippen LogP contribution in [-0.2, 0) is 16.8 Å². The van der Waals surface area contributed by atoms with E-state index in [1.807, 2.05) is 18.2 Å². The number of aromatic nitrogens is 2. The SMILES string of the molecule is CC(C)NC1(c2ccccc2)CCN(C(=O)NC(Cc2cnc(=O)[nH]c2NC(=O)c2c(Cl)cccc2Cl)C(=O)O)CC1. The zero-order chi connectivity index (χ0) is 30.4. The first kappa shape index (κ1) is 31.0. The number of nitrogens with one attached hydrogen (secondary N) is 4. The third-order valence-corrected chi connectivity index (χ3v) is 7.76. The summed E-state index contributed by atoms with van der Waals surface area (Å²) in [4.78, 5) is 57.9. The van der Waals surface area contributed by atoms with Crippen molar-refractivity contribution in [2.75, 3.05) is 18.4 Å². The molecule has 3 amide bonds. The highest BCUT2D eigenvalue weighted by atomic mass is 35.5. The average molecular weight is 616 g/mol. The van der Waals surface area contributed by atoms with Crippen LogP contribution in [0, 0.1) is 0 Å². The number of aliphatic carboxylic acids is 1. The van der Waals surface area contributed by atoms with E-state index in [-0.39, 0.29) is 45.0 Å². The Hall–Kier alpha value is -3.93. The maximum absolute atomic E-state index is 13.2. The molecule has 222 valence electrons. The molecular weight excluding hydrogens is 583 g/mol. The molecule has 3 aromatic rings. The Bertz CT molecular complexity index is 1490. The molecule has 1 aliphatic rings. The lowest BCUT2D eigenvalue weighted by Crippen LogP contribution is -2.57. The Kier molecular flexibility index (Phi) is 9.87. The number of anilines is 1. The molecule has 0 radical (unpaired) electrons. The first-order valence-corrected chi connectivity index (χ1v) is 14.2. The number of piperidine rings is 1. The number of aromatic amines is 1. The molecular formula is C29H32Cl2N6O5. The van der Waals surface area contributed by atoms with Crippen molar-refractivity contribution in [3.63, 3.8) is 0 Å². The Morgan fingerprint density at radius 2 is 1.69 bits per heavy atom. The number of halogens is 2. The molecule has 13 heteroatoms. The van der Waals surface area contributed by atoms with Crippen molar-refractivity contribution in [2.24, 2.45) is 0 Å². The number of urea groups is 1. The fourth-order valence-corrected chi connectivity index (χ4v) is 5.72. The van der Waals surface area contributed by atoms with Gasteiger partial charge in [-0.2, -0.15) is 0 Å². The number of nitrogens with zero attached hydrogens (tertiary/aromatic N) is 2. The van der Waals surface area contributed by atoms with Crippen LogP contribution in [0.3, 0.4) is 0 Å². The number of hydrogen-bond acceptors (Lipinski definition) is 6. The summed E-state index contributed by atoms with van der Waals surface area (Å²) >= 11 is 12.3. The second kappa shape index (κ2) is 13.4. The smallest absolute Gasteiger partial charge is 0.346 e. The highest BCUT2D eigenvalue weighted by molar-refractivity contribution is 6.40. The van der Waals surface area contributed by atoms with Gasteiger partial charge < -0.3 is 26.0 Å². The van der Waals surface area contributed by atoms with Crippen molar-refractivity contribution in [3.8, 4) is 0 Å². The number of carboxylic acid groups (broad SMARTS) is 1. The standard InChI is InChI=1S/C29H32Cl2N6O5/c1-17(2)36-29(19-7-4-3-5-8-19)11-13-37(14-12-29)28(42)33-22(26(39)40)15-18-16-32-27(41)35-24(18)34-25(38)23-20(30)9-6-10-21(23)31/h3-10,16-17,22,36H,11-15H2,1-2H3,(H,33,42)(H,39,40)(H2,32,34,35,38,41). The van der Waals surface area contributed by atoms with E-state index in [1.54, 1.807) is 11.0 Å². The maximum atomic E-state index is 13.2. The Morgan fingerprint density at radius 1 is 1.05 bits per heavy atom. The normalized spacial score (nSPS) is 15.2. The van der Waals surface area contributed by atoms with Crippen LogP contribution in [0.4, 0.5) is 10.6 Å². The molecule has 0 aliphatic carbocycles. The predicted octanol–water partition coefficient (Wildman–Crippen LogP) is 4.02. The summed E-state index contributed by atoms with van der Waals surface area (Å²) in [6, 6.07) is 12.9. The summed E-state index contributed by atoms with van der Waals surface area (Å²) in [5.74, 6) is -2.09. The highest BCUT2D eigenvalue weighted by Crippen LogP contribution is 2.33. The molecule has 0 saturated carbocycles. The monoisotopic (exact) mass is 614 g/mol. The summed E-state index contributed by atoms with van der Waals surface area (Å²) in [7, 11) is 0. The van der Waals surface area contributed by atoms with E-state index in [1.165, 1.54) is 12.1 Å². The fourth-order valence-electron chi connectivity index (χ4n) is 5.16. The van der Waals surface area contributed by atoms with Gasteiger partial charge in [-0.1, -0.05) is 73.4 Å². The van der Waals surface area contributed by atoms with Crippen molar-refractivity contribution in [1.29, 1.82) is 0 Å². The molecule has 2 heterocycles. The Labute approximate surface area is 252 Å². The van der Waals surface area contributed by atoms with Gasteiger partial charge in [0.05, 0.1) is 15.6 Å². The van der Waals surface area contributed by atoms with Crippen LogP contribution in [0.2, 0.25) is 10.0 Å². The molecule has 11 nitrogen and oxygen atoms in total. The van der Waals surface area contributed by atoms with E-state index in [4.69, 9.17) is 23.2 Å². The number of benzene rings is 2. The van der Waals surface area contributed by atoms with Gasteiger partial charge in [0.1, 0.15) is 11.9 Å². The summed E-state index contributed by atoms with van der Waals surface area (Å²) in [6.07, 6.45) is 2.17. The van der Waals surface area contributed by atoms with Gasteiger partial charge in [0.15, 0.2) is 0 Å². The van der Waals surface area contributed by atoms with Gasteiger partial charge in [-0.3, -0.25) is 9.78 Å². The lowest BCUT2D eigenvalue weighted by Gasteiger charge is -2.44. The van der Waals surface area contributed by atoms with Gasteiger partial charge >= 0.3 is 17.7 Å². The molecule has 1 unspecified atom stereocenters. The Morgan fingerprint density at radius 3 is 2.29 bits per heavy atom. The van der Waals surface area contributed by atoms with E-state index >= 15 is 0 Å².